The summed E-state index contributed by atoms with van der Waals surface area (Å²) in [6.07, 6.45) is 8.92. The van der Waals surface area contributed by atoms with Crippen LogP contribution in [0.5, 0.6) is 0 Å². The summed E-state index contributed by atoms with van der Waals surface area (Å²) in [5, 5.41) is 0. The van der Waals surface area contributed by atoms with Gasteiger partial charge in [0.25, 0.3) is 0 Å². The number of hydrazine groups is 1. The standard InChI is InChI=1S/C19H32N2/c1-4-8-16-9-7-10-17(13-16)18(21-20)19(14-15(2)3)11-5-6-12-19/h7,9-10,13,15,18,21H,4-6,8,11-12,14,20H2,1-3H3. The molecule has 0 aromatic heterocycles. The summed E-state index contributed by atoms with van der Waals surface area (Å²) < 4.78 is 0. The van der Waals surface area contributed by atoms with Gasteiger partial charge in [0, 0.05) is 0 Å². The lowest BCUT2D eigenvalue weighted by molar-refractivity contribution is 0.156. The van der Waals surface area contributed by atoms with E-state index in [2.05, 4.69) is 50.5 Å². The number of nitrogens with one attached hydrogen (secondary N) is 1. The van der Waals surface area contributed by atoms with Crippen LogP contribution >= 0.6 is 0 Å². The van der Waals surface area contributed by atoms with E-state index in [9.17, 15) is 0 Å². The van der Waals surface area contributed by atoms with E-state index in [4.69, 9.17) is 5.84 Å². The third-order valence-electron chi connectivity index (χ3n) is 5.02. The van der Waals surface area contributed by atoms with Crippen LogP contribution in [0.2, 0.25) is 0 Å². The lowest BCUT2D eigenvalue weighted by Gasteiger charge is -2.39. The molecule has 118 valence electrons. The topological polar surface area (TPSA) is 38.0 Å². The van der Waals surface area contributed by atoms with E-state index in [-0.39, 0.29) is 0 Å². The van der Waals surface area contributed by atoms with Gasteiger partial charge in [0.05, 0.1) is 6.04 Å². The zero-order valence-corrected chi connectivity index (χ0v) is 14.0. The number of aryl methyl sites for hydroxylation is 1. The Labute approximate surface area is 130 Å². The largest absolute Gasteiger partial charge is 0.271 e. The van der Waals surface area contributed by atoms with Crippen molar-refractivity contribution in [3.8, 4) is 0 Å². The van der Waals surface area contributed by atoms with Crippen LogP contribution in [0.15, 0.2) is 24.3 Å². The van der Waals surface area contributed by atoms with E-state index in [0.717, 1.165) is 12.3 Å². The minimum atomic E-state index is 0.291. The number of rotatable bonds is 7. The molecule has 1 aromatic rings. The second kappa shape index (κ2) is 7.42. The van der Waals surface area contributed by atoms with Crippen molar-refractivity contribution >= 4 is 0 Å². The van der Waals surface area contributed by atoms with Gasteiger partial charge in [-0.2, -0.15) is 0 Å². The van der Waals surface area contributed by atoms with E-state index in [1.54, 1.807) is 0 Å². The van der Waals surface area contributed by atoms with Gasteiger partial charge in [0.15, 0.2) is 0 Å². The number of benzene rings is 1. The third-order valence-corrected chi connectivity index (χ3v) is 5.02. The molecule has 21 heavy (non-hydrogen) atoms. The van der Waals surface area contributed by atoms with Crippen LogP contribution in [0, 0.1) is 11.3 Å². The van der Waals surface area contributed by atoms with E-state index in [1.165, 1.54) is 49.7 Å². The Morgan fingerprint density at radius 1 is 1.24 bits per heavy atom. The van der Waals surface area contributed by atoms with Gasteiger partial charge >= 0.3 is 0 Å². The molecule has 1 saturated carbocycles. The Kier molecular flexibility index (Phi) is 5.83. The minimum Gasteiger partial charge on any atom is -0.271 e. The van der Waals surface area contributed by atoms with Gasteiger partial charge < -0.3 is 0 Å². The number of nitrogens with two attached hydrogens (primary N) is 1. The highest BCUT2D eigenvalue weighted by atomic mass is 15.2. The minimum absolute atomic E-state index is 0.291. The highest BCUT2D eigenvalue weighted by Crippen LogP contribution is 2.51. The molecule has 2 nitrogen and oxygen atoms in total. The molecule has 1 atom stereocenters. The smallest absolute Gasteiger partial charge is 0.0516 e. The molecule has 0 aliphatic heterocycles. The summed E-state index contributed by atoms with van der Waals surface area (Å²) in [5.74, 6) is 6.74. The summed E-state index contributed by atoms with van der Waals surface area (Å²) in [6.45, 7) is 6.91. The van der Waals surface area contributed by atoms with Gasteiger partial charge in [0.2, 0.25) is 0 Å². The quantitative estimate of drug-likeness (QED) is 0.561. The molecule has 0 amide bonds. The van der Waals surface area contributed by atoms with Crippen molar-refractivity contribution in [2.45, 2.75) is 71.8 Å². The molecule has 2 heteroatoms. The molecule has 1 aromatic carbocycles. The van der Waals surface area contributed by atoms with E-state index >= 15 is 0 Å². The Morgan fingerprint density at radius 2 is 1.95 bits per heavy atom. The molecule has 2 rings (SSSR count). The summed E-state index contributed by atoms with van der Waals surface area (Å²) in [6, 6.07) is 9.35. The summed E-state index contributed by atoms with van der Waals surface area (Å²) in [5.41, 5.74) is 6.34. The van der Waals surface area contributed by atoms with Crippen molar-refractivity contribution in [2.24, 2.45) is 17.2 Å². The first kappa shape index (κ1) is 16.5. The molecule has 1 unspecified atom stereocenters. The molecule has 1 aliphatic carbocycles. The third kappa shape index (κ3) is 3.87. The molecule has 3 N–H and O–H groups in total. The van der Waals surface area contributed by atoms with Crippen molar-refractivity contribution in [3.63, 3.8) is 0 Å². The molecule has 0 heterocycles. The monoisotopic (exact) mass is 288 g/mol. The van der Waals surface area contributed by atoms with Crippen molar-refractivity contribution in [1.82, 2.24) is 5.43 Å². The maximum absolute atomic E-state index is 6.02. The molecule has 0 saturated heterocycles. The first-order valence-electron chi connectivity index (χ1n) is 8.66. The number of hydrogen-bond donors (Lipinski definition) is 2. The highest BCUT2D eigenvalue weighted by Gasteiger charge is 2.41. The van der Waals surface area contributed by atoms with Gasteiger partial charge in [-0.15, -0.1) is 0 Å². The molecular weight excluding hydrogens is 256 g/mol. The Hall–Kier alpha value is -0.860. The maximum Gasteiger partial charge on any atom is 0.0516 e. The van der Waals surface area contributed by atoms with Gasteiger partial charge in [-0.05, 0) is 48.1 Å². The fourth-order valence-corrected chi connectivity index (χ4v) is 4.35. The van der Waals surface area contributed by atoms with Crippen LogP contribution in [0.3, 0.4) is 0 Å². The Morgan fingerprint density at radius 3 is 2.52 bits per heavy atom. The average molecular weight is 288 g/mol. The lowest BCUT2D eigenvalue weighted by atomic mass is 9.70. The van der Waals surface area contributed by atoms with E-state index in [0.29, 0.717) is 11.5 Å². The first-order valence-corrected chi connectivity index (χ1v) is 8.66. The number of hydrogen-bond acceptors (Lipinski definition) is 2. The summed E-state index contributed by atoms with van der Waals surface area (Å²) in [4.78, 5) is 0. The Balaban J connectivity index is 2.29. The van der Waals surface area contributed by atoms with Gasteiger partial charge in [-0.3, -0.25) is 11.3 Å². The predicted molar refractivity (Wildman–Crippen MR) is 90.9 cm³/mol. The average Bonchev–Trinajstić information content (AvgIpc) is 2.89. The van der Waals surface area contributed by atoms with Crippen LogP contribution in [-0.4, -0.2) is 0 Å². The van der Waals surface area contributed by atoms with Gasteiger partial charge in [-0.25, -0.2) is 0 Å². The van der Waals surface area contributed by atoms with Crippen LogP contribution in [0.4, 0.5) is 0 Å². The van der Waals surface area contributed by atoms with Crippen LogP contribution < -0.4 is 11.3 Å². The summed E-state index contributed by atoms with van der Waals surface area (Å²) >= 11 is 0. The van der Waals surface area contributed by atoms with Crippen LogP contribution in [0.25, 0.3) is 0 Å². The fourth-order valence-electron chi connectivity index (χ4n) is 4.35. The van der Waals surface area contributed by atoms with Crippen molar-refractivity contribution < 1.29 is 0 Å². The van der Waals surface area contributed by atoms with E-state index < -0.39 is 0 Å². The van der Waals surface area contributed by atoms with Crippen molar-refractivity contribution in [1.29, 1.82) is 0 Å². The molecule has 0 bridgehead atoms. The first-order chi connectivity index (χ1) is 10.1. The zero-order chi connectivity index (χ0) is 15.3. The molecule has 1 aliphatic rings. The fraction of sp³-hybridized carbons (Fsp3) is 0.684. The molecular formula is C19H32N2. The highest BCUT2D eigenvalue weighted by molar-refractivity contribution is 5.28. The Bertz CT molecular complexity index is 433. The second-order valence-corrected chi connectivity index (χ2v) is 7.26. The predicted octanol–water partition coefficient (Wildman–Crippen LogP) is 4.75. The zero-order valence-electron chi connectivity index (χ0n) is 14.0. The van der Waals surface area contributed by atoms with Crippen LogP contribution in [-0.2, 0) is 6.42 Å². The molecule has 1 fully saturated rings. The molecule has 0 spiro atoms. The van der Waals surface area contributed by atoms with Crippen molar-refractivity contribution in [3.05, 3.63) is 35.4 Å². The van der Waals surface area contributed by atoms with E-state index in [1.807, 2.05) is 0 Å². The van der Waals surface area contributed by atoms with Crippen LogP contribution in [0.1, 0.15) is 76.5 Å². The SMILES string of the molecule is CCCc1cccc(C(NN)C2(CC(C)C)CCCC2)c1. The van der Waals surface area contributed by atoms with Gasteiger partial charge in [-0.1, -0.05) is 64.3 Å². The molecule has 0 radical (unpaired) electrons. The lowest BCUT2D eigenvalue weighted by Crippen LogP contribution is -2.41. The van der Waals surface area contributed by atoms with Gasteiger partial charge in [0.1, 0.15) is 0 Å². The normalized spacial score (nSPS) is 19.1. The van der Waals surface area contributed by atoms with Crippen molar-refractivity contribution in [2.75, 3.05) is 0 Å². The summed E-state index contributed by atoms with van der Waals surface area (Å²) in [7, 11) is 0. The maximum atomic E-state index is 6.02. The second-order valence-electron chi connectivity index (χ2n) is 7.26.